The van der Waals surface area contributed by atoms with Crippen molar-refractivity contribution in [2.24, 2.45) is 0 Å². The molecule has 21 heavy (non-hydrogen) atoms. The van der Waals surface area contributed by atoms with Crippen LogP contribution in [0.2, 0.25) is 0 Å². The molecule has 0 saturated carbocycles. The Balaban J connectivity index is 1.71. The molecule has 1 aliphatic heterocycles. The predicted octanol–water partition coefficient (Wildman–Crippen LogP) is 2.11. The molecule has 116 valence electrons. The highest BCUT2D eigenvalue weighted by Gasteiger charge is 2.15. The Morgan fingerprint density at radius 1 is 1.33 bits per heavy atom. The van der Waals surface area contributed by atoms with Crippen LogP contribution in [0.25, 0.3) is 0 Å². The Morgan fingerprint density at radius 3 is 2.76 bits per heavy atom. The van der Waals surface area contributed by atoms with Gasteiger partial charge in [-0.1, -0.05) is 24.3 Å². The lowest BCUT2D eigenvalue weighted by Gasteiger charge is -2.23. The number of aryl methyl sites for hydroxylation is 1. The maximum absolute atomic E-state index is 12.1. The maximum atomic E-state index is 12.1. The number of nitrogens with one attached hydrogen (secondary N) is 1. The van der Waals surface area contributed by atoms with Gasteiger partial charge >= 0.3 is 0 Å². The van der Waals surface area contributed by atoms with Crippen molar-refractivity contribution in [3.05, 3.63) is 35.4 Å². The van der Waals surface area contributed by atoms with E-state index in [1.807, 2.05) is 19.2 Å². The first kappa shape index (κ1) is 16.0. The van der Waals surface area contributed by atoms with Crippen molar-refractivity contribution in [3.8, 4) is 0 Å². The molecule has 0 radical (unpaired) electrons. The summed E-state index contributed by atoms with van der Waals surface area (Å²) in [6.07, 6.45) is 2.88. The molecule has 0 atom stereocenters. The third-order valence-electron chi connectivity index (χ3n) is 4.05. The van der Waals surface area contributed by atoms with Crippen LogP contribution < -0.4 is 5.32 Å². The van der Waals surface area contributed by atoms with E-state index in [1.165, 1.54) is 11.1 Å². The summed E-state index contributed by atoms with van der Waals surface area (Å²) in [6, 6.07) is 8.19. The molecule has 0 unspecified atom stereocenters. The third-order valence-corrected chi connectivity index (χ3v) is 4.05. The van der Waals surface area contributed by atoms with E-state index < -0.39 is 0 Å². The molecular weight excluding hydrogens is 264 g/mol. The standard InChI is InChI=1S/C17H26N2O2/c1-14-5-3-4-6-15(14)13-19(2)17(20)9-12-21-16-7-10-18-11-8-16/h3-6,16,18H,7-13H2,1-2H3. The summed E-state index contributed by atoms with van der Waals surface area (Å²) in [6.45, 7) is 5.31. The number of rotatable bonds is 6. The van der Waals surface area contributed by atoms with E-state index in [1.54, 1.807) is 4.90 Å². The van der Waals surface area contributed by atoms with Gasteiger partial charge in [0, 0.05) is 13.6 Å². The summed E-state index contributed by atoms with van der Waals surface area (Å²) in [5, 5.41) is 3.31. The lowest BCUT2D eigenvalue weighted by atomic mass is 10.1. The SMILES string of the molecule is Cc1ccccc1CN(C)C(=O)CCOC1CCNCC1. The summed E-state index contributed by atoms with van der Waals surface area (Å²) < 4.78 is 5.79. The second kappa shape index (κ2) is 8.15. The van der Waals surface area contributed by atoms with Gasteiger partial charge in [-0.3, -0.25) is 4.79 Å². The van der Waals surface area contributed by atoms with Crippen LogP contribution >= 0.6 is 0 Å². The van der Waals surface area contributed by atoms with E-state index in [-0.39, 0.29) is 5.91 Å². The molecule has 1 heterocycles. The molecule has 0 aliphatic carbocycles. The predicted molar refractivity (Wildman–Crippen MR) is 84.1 cm³/mol. The molecule has 4 nitrogen and oxygen atoms in total. The first-order valence-electron chi connectivity index (χ1n) is 7.77. The van der Waals surface area contributed by atoms with E-state index in [4.69, 9.17) is 4.74 Å². The van der Waals surface area contributed by atoms with Gasteiger partial charge in [-0.05, 0) is 44.0 Å². The topological polar surface area (TPSA) is 41.6 Å². The van der Waals surface area contributed by atoms with Crippen LogP contribution in [0, 0.1) is 6.92 Å². The van der Waals surface area contributed by atoms with E-state index in [2.05, 4.69) is 24.4 Å². The zero-order valence-electron chi connectivity index (χ0n) is 13.1. The summed E-state index contributed by atoms with van der Waals surface area (Å²) in [7, 11) is 1.86. The molecule has 1 saturated heterocycles. The Bertz CT molecular complexity index is 456. The molecule has 0 bridgehead atoms. The molecule has 1 amide bonds. The Morgan fingerprint density at radius 2 is 2.05 bits per heavy atom. The van der Waals surface area contributed by atoms with Crippen molar-refractivity contribution >= 4 is 5.91 Å². The molecule has 1 fully saturated rings. The van der Waals surface area contributed by atoms with Crippen molar-refractivity contribution in [1.82, 2.24) is 10.2 Å². The van der Waals surface area contributed by atoms with Gasteiger partial charge < -0.3 is 15.0 Å². The Hall–Kier alpha value is -1.39. The van der Waals surface area contributed by atoms with Gasteiger partial charge in [-0.25, -0.2) is 0 Å². The lowest BCUT2D eigenvalue weighted by molar-refractivity contribution is -0.132. The smallest absolute Gasteiger partial charge is 0.224 e. The van der Waals surface area contributed by atoms with Gasteiger partial charge in [-0.2, -0.15) is 0 Å². The highest BCUT2D eigenvalue weighted by molar-refractivity contribution is 5.76. The summed E-state index contributed by atoms with van der Waals surface area (Å²) in [5.41, 5.74) is 2.43. The number of benzene rings is 1. The van der Waals surface area contributed by atoms with Crippen LogP contribution in [0.5, 0.6) is 0 Å². The van der Waals surface area contributed by atoms with Gasteiger partial charge in [0.2, 0.25) is 5.91 Å². The van der Waals surface area contributed by atoms with Crippen LogP contribution in [0.1, 0.15) is 30.4 Å². The fourth-order valence-electron chi connectivity index (χ4n) is 2.60. The van der Waals surface area contributed by atoms with Crippen LogP contribution in [-0.4, -0.2) is 43.7 Å². The minimum absolute atomic E-state index is 0.146. The first-order chi connectivity index (χ1) is 10.2. The highest BCUT2D eigenvalue weighted by atomic mass is 16.5. The monoisotopic (exact) mass is 290 g/mol. The van der Waals surface area contributed by atoms with Crippen molar-refractivity contribution in [2.45, 2.75) is 38.8 Å². The van der Waals surface area contributed by atoms with E-state index in [0.29, 0.717) is 25.7 Å². The van der Waals surface area contributed by atoms with Gasteiger partial charge in [0.15, 0.2) is 0 Å². The molecule has 1 aliphatic rings. The van der Waals surface area contributed by atoms with Crippen LogP contribution in [0.4, 0.5) is 0 Å². The molecule has 1 aromatic rings. The van der Waals surface area contributed by atoms with E-state index >= 15 is 0 Å². The number of carbonyl (C=O) groups excluding carboxylic acids is 1. The van der Waals surface area contributed by atoms with Gasteiger partial charge in [-0.15, -0.1) is 0 Å². The van der Waals surface area contributed by atoms with Crippen molar-refractivity contribution < 1.29 is 9.53 Å². The normalized spacial score (nSPS) is 15.9. The maximum Gasteiger partial charge on any atom is 0.224 e. The average molecular weight is 290 g/mol. The van der Waals surface area contributed by atoms with Crippen LogP contribution in [-0.2, 0) is 16.1 Å². The zero-order valence-corrected chi connectivity index (χ0v) is 13.1. The molecule has 0 spiro atoms. The number of nitrogens with zero attached hydrogens (tertiary/aromatic N) is 1. The highest BCUT2D eigenvalue weighted by Crippen LogP contribution is 2.11. The van der Waals surface area contributed by atoms with Crippen LogP contribution in [0.15, 0.2) is 24.3 Å². The van der Waals surface area contributed by atoms with Gasteiger partial charge in [0.25, 0.3) is 0 Å². The summed E-state index contributed by atoms with van der Waals surface area (Å²) in [4.78, 5) is 13.9. The molecule has 2 rings (SSSR count). The molecule has 1 aromatic carbocycles. The first-order valence-corrected chi connectivity index (χ1v) is 7.77. The number of carbonyl (C=O) groups is 1. The fourth-order valence-corrected chi connectivity index (χ4v) is 2.60. The molecule has 0 aromatic heterocycles. The minimum Gasteiger partial charge on any atom is -0.378 e. The molecule has 1 N–H and O–H groups in total. The average Bonchev–Trinajstić information content (AvgIpc) is 2.50. The summed E-state index contributed by atoms with van der Waals surface area (Å²) >= 11 is 0. The van der Waals surface area contributed by atoms with Crippen molar-refractivity contribution in [3.63, 3.8) is 0 Å². The van der Waals surface area contributed by atoms with Crippen LogP contribution in [0.3, 0.4) is 0 Å². The quantitative estimate of drug-likeness (QED) is 0.872. The van der Waals surface area contributed by atoms with E-state index in [9.17, 15) is 4.79 Å². The Kier molecular flexibility index (Phi) is 6.21. The number of amides is 1. The number of hydrogen-bond acceptors (Lipinski definition) is 3. The van der Waals surface area contributed by atoms with Crippen molar-refractivity contribution in [1.29, 1.82) is 0 Å². The number of piperidine rings is 1. The second-order valence-corrected chi connectivity index (χ2v) is 5.75. The largest absolute Gasteiger partial charge is 0.378 e. The van der Waals surface area contributed by atoms with Gasteiger partial charge in [0.1, 0.15) is 0 Å². The van der Waals surface area contributed by atoms with E-state index in [0.717, 1.165) is 25.9 Å². The minimum atomic E-state index is 0.146. The third kappa shape index (κ3) is 5.14. The van der Waals surface area contributed by atoms with Gasteiger partial charge in [0.05, 0.1) is 19.1 Å². The fraction of sp³-hybridized carbons (Fsp3) is 0.588. The Labute approximate surface area is 127 Å². The molecular formula is C17H26N2O2. The number of hydrogen-bond donors (Lipinski definition) is 1. The second-order valence-electron chi connectivity index (χ2n) is 5.75. The molecule has 4 heteroatoms. The van der Waals surface area contributed by atoms with Crippen molar-refractivity contribution in [2.75, 3.05) is 26.7 Å². The lowest BCUT2D eigenvalue weighted by Crippen LogP contribution is -2.33. The zero-order chi connectivity index (χ0) is 15.1. The number of ether oxygens (including phenoxy) is 1. The summed E-state index contributed by atoms with van der Waals surface area (Å²) in [5.74, 6) is 0.146.